The summed E-state index contributed by atoms with van der Waals surface area (Å²) >= 11 is 1.73. The summed E-state index contributed by atoms with van der Waals surface area (Å²) in [4.78, 5) is 25.2. The Morgan fingerprint density at radius 3 is 2.81 bits per heavy atom. The fourth-order valence-corrected chi connectivity index (χ4v) is 4.48. The van der Waals surface area contributed by atoms with Gasteiger partial charge in [0, 0.05) is 24.1 Å². The maximum Gasteiger partial charge on any atom is 0.317 e. The van der Waals surface area contributed by atoms with Crippen molar-refractivity contribution in [3.63, 3.8) is 0 Å². The highest BCUT2D eigenvalue weighted by atomic mass is 32.2. The van der Waals surface area contributed by atoms with Crippen LogP contribution in [0.15, 0.2) is 0 Å². The van der Waals surface area contributed by atoms with E-state index >= 15 is 0 Å². The lowest BCUT2D eigenvalue weighted by Crippen LogP contribution is -2.54. The van der Waals surface area contributed by atoms with Crippen molar-refractivity contribution in [3.05, 3.63) is 0 Å². The van der Waals surface area contributed by atoms with Gasteiger partial charge in [-0.2, -0.15) is 11.8 Å². The van der Waals surface area contributed by atoms with Gasteiger partial charge in [0.15, 0.2) is 0 Å². The van der Waals surface area contributed by atoms with Crippen molar-refractivity contribution in [2.24, 2.45) is 5.92 Å². The fourth-order valence-electron chi connectivity index (χ4n) is 3.42. The number of carboxylic acid groups (broad SMARTS) is 1. The van der Waals surface area contributed by atoms with Gasteiger partial charge in [-0.25, -0.2) is 4.79 Å². The number of hydrogen-bond acceptors (Lipinski definition) is 3. The first-order valence-corrected chi connectivity index (χ1v) is 9.14. The Labute approximate surface area is 130 Å². The molecule has 0 aromatic carbocycles. The first-order valence-electron chi connectivity index (χ1n) is 7.98. The van der Waals surface area contributed by atoms with Crippen LogP contribution >= 0.6 is 11.8 Å². The molecule has 120 valence electrons. The Balaban J connectivity index is 1.94. The monoisotopic (exact) mass is 314 g/mol. The molecule has 1 heterocycles. The number of hydrogen-bond donors (Lipinski definition) is 2. The van der Waals surface area contributed by atoms with Gasteiger partial charge in [0.1, 0.15) is 0 Å². The van der Waals surface area contributed by atoms with Crippen molar-refractivity contribution in [2.75, 3.05) is 18.1 Å². The highest BCUT2D eigenvalue weighted by molar-refractivity contribution is 7.99. The minimum atomic E-state index is -0.829. The quantitative estimate of drug-likeness (QED) is 0.837. The molecule has 0 radical (unpaired) electrons. The maximum atomic E-state index is 12.5. The van der Waals surface area contributed by atoms with E-state index in [0.29, 0.717) is 12.5 Å². The van der Waals surface area contributed by atoms with Gasteiger partial charge < -0.3 is 15.3 Å². The molecule has 2 N–H and O–H groups in total. The summed E-state index contributed by atoms with van der Waals surface area (Å²) in [5.74, 6) is 1.36. The van der Waals surface area contributed by atoms with Crippen molar-refractivity contribution in [2.45, 2.75) is 57.5 Å². The molecule has 21 heavy (non-hydrogen) atoms. The first-order chi connectivity index (χ1) is 10.1. The molecular formula is C15H26N2O3S. The Morgan fingerprint density at radius 1 is 1.33 bits per heavy atom. The van der Waals surface area contributed by atoms with Gasteiger partial charge in [-0.05, 0) is 18.8 Å². The van der Waals surface area contributed by atoms with Crippen molar-refractivity contribution < 1.29 is 14.7 Å². The zero-order chi connectivity index (χ0) is 15.2. The Hall–Kier alpha value is -0.910. The minimum absolute atomic E-state index is 0.0439. The van der Waals surface area contributed by atoms with Gasteiger partial charge in [0.25, 0.3) is 0 Å². The smallest absolute Gasteiger partial charge is 0.317 e. The zero-order valence-electron chi connectivity index (χ0n) is 12.7. The predicted molar refractivity (Wildman–Crippen MR) is 84.6 cm³/mol. The largest absolute Gasteiger partial charge is 0.481 e. The van der Waals surface area contributed by atoms with Crippen LogP contribution in [0.25, 0.3) is 0 Å². The van der Waals surface area contributed by atoms with Crippen LogP contribution in [0.5, 0.6) is 0 Å². The van der Waals surface area contributed by atoms with Crippen LogP contribution in [-0.2, 0) is 4.79 Å². The van der Waals surface area contributed by atoms with Crippen LogP contribution in [0.2, 0.25) is 0 Å². The van der Waals surface area contributed by atoms with E-state index < -0.39 is 5.97 Å². The molecule has 1 saturated carbocycles. The second-order valence-corrected chi connectivity index (χ2v) is 7.18. The number of thioether (sulfide) groups is 1. The third-order valence-corrected chi connectivity index (χ3v) is 5.73. The number of carboxylic acids is 1. The molecule has 3 unspecified atom stereocenters. The number of amides is 2. The number of urea groups is 1. The number of rotatable bonds is 4. The summed E-state index contributed by atoms with van der Waals surface area (Å²) in [6, 6.07) is 0.0214. The van der Waals surface area contributed by atoms with Gasteiger partial charge in [0.2, 0.25) is 0 Å². The molecule has 2 amide bonds. The average molecular weight is 314 g/mol. The fraction of sp³-hybridized carbons (Fsp3) is 0.867. The van der Waals surface area contributed by atoms with Gasteiger partial charge in [-0.15, -0.1) is 0 Å². The molecule has 1 saturated heterocycles. The number of carbonyl (C=O) groups is 2. The van der Waals surface area contributed by atoms with E-state index in [-0.39, 0.29) is 24.5 Å². The topological polar surface area (TPSA) is 69.6 Å². The summed E-state index contributed by atoms with van der Waals surface area (Å²) in [6.07, 6.45) is 5.82. The zero-order valence-corrected chi connectivity index (χ0v) is 13.5. The normalized spacial score (nSPS) is 30.0. The van der Waals surface area contributed by atoms with E-state index in [1.54, 1.807) is 16.7 Å². The van der Waals surface area contributed by atoms with E-state index in [9.17, 15) is 9.59 Å². The first kappa shape index (κ1) is 16.5. The molecule has 1 aliphatic heterocycles. The van der Waals surface area contributed by atoms with Crippen LogP contribution in [0.1, 0.15) is 45.4 Å². The molecule has 1 aliphatic carbocycles. The molecule has 5 nitrogen and oxygen atoms in total. The third-order valence-electron chi connectivity index (χ3n) is 4.64. The van der Waals surface area contributed by atoms with Gasteiger partial charge in [-0.3, -0.25) is 4.79 Å². The van der Waals surface area contributed by atoms with Gasteiger partial charge >= 0.3 is 12.0 Å². The lowest BCUT2D eigenvalue weighted by molar-refractivity contribution is -0.138. The summed E-state index contributed by atoms with van der Waals surface area (Å²) < 4.78 is 0. The van der Waals surface area contributed by atoms with Crippen LogP contribution in [0, 0.1) is 5.92 Å². The number of nitrogens with zero attached hydrogens (tertiary/aromatic N) is 1. The predicted octanol–water partition coefficient (Wildman–Crippen LogP) is 2.56. The maximum absolute atomic E-state index is 12.5. The molecule has 6 heteroatoms. The molecule has 2 rings (SSSR count). The molecule has 2 aliphatic rings. The molecular weight excluding hydrogens is 288 g/mol. The average Bonchev–Trinajstić information content (AvgIpc) is 2.47. The molecule has 2 fully saturated rings. The van der Waals surface area contributed by atoms with E-state index in [1.807, 2.05) is 0 Å². The van der Waals surface area contributed by atoms with Crippen molar-refractivity contribution >= 4 is 23.8 Å². The highest BCUT2D eigenvalue weighted by Crippen LogP contribution is 2.27. The lowest BCUT2D eigenvalue weighted by atomic mass is 9.83. The van der Waals surface area contributed by atoms with Crippen LogP contribution in [0.4, 0.5) is 4.79 Å². The Bertz CT molecular complexity index is 378. The van der Waals surface area contributed by atoms with Gasteiger partial charge in [0.05, 0.1) is 12.5 Å². The number of carbonyl (C=O) groups excluding carboxylic acids is 1. The molecule has 0 aromatic rings. The van der Waals surface area contributed by atoms with E-state index in [1.165, 1.54) is 19.3 Å². The summed E-state index contributed by atoms with van der Waals surface area (Å²) in [7, 11) is 0. The van der Waals surface area contributed by atoms with Crippen LogP contribution < -0.4 is 5.32 Å². The van der Waals surface area contributed by atoms with Crippen LogP contribution in [0.3, 0.4) is 0 Å². The highest BCUT2D eigenvalue weighted by Gasteiger charge is 2.32. The second kappa shape index (κ2) is 7.92. The van der Waals surface area contributed by atoms with E-state index in [0.717, 1.165) is 24.3 Å². The Morgan fingerprint density at radius 2 is 2.10 bits per heavy atom. The summed E-state index contributed by atoms with van der Waals surface area (Å²) in [5.41, 5.74) is 0. The van der Waals surface area contributed by atoms with Crippen LogP contribution in [-0.4, -0.2) is 52.1 Å². The molecule has 3 atom stereocenters. The van der Waals surface area contributed by atoms with Crippen molar-refractivity contribution in [1.29, 1.82) is 0 Å². The van der Waals surface area contributed by atoms with Crippen molar-refractivity contribution in [3.8, 4) is 0 Å². The minimum Gasteiger partial charge on any atom is -0.481 e. The molecule has 0 bridgehead atoms. The summed E-state index contributed by atoms with van der Waals surface area (Å²) in [6.45, 7) is 2.83. The van der Waals surface area contributed by atoms with Gasteiger partial charge in [-0.1, -0.05) is 26.2 Å². The SMILES string of the molecule is CCC1CCCCC1NC(=O)N1CCSCC1CC(=O)O. The number of nitrogens with one attached hydrogen (secondary N) is 1. The molecule has 0 spiro atoms. The van der Waals surface area contributed by atoms with E-state index in [2.05, 4.69) is 12.2 Å². The standard InChI is InChI=1S/C15H26N2O3S/c1-2-11-5-3-4-6-13(11)16-15(20)17-7-8-21-10-12(17)9-14(18)19/h11-13H,2-10H2,1H3,(H,16,20)(H,18,19). The second-order valence-electron chi connectivity index (χ2n) is 6.03. The Kier molecular flexibility index (Phi) is 6.21. The summed E-state index contributed by atoms with van der Waals surface area (Å²) in [5, 5.41) is 12.2. The van der Waals surface area contributed by atoms with E-state index in [4.69, 9.17) is 5.11 Å². The molecule has 0 aromatic heterocycles. The third kappa shape index (κ3) is 4.53. The van der Waals surface area contributed by atoms with Crippen molar-refractivity contribution in [1.82, 2.24) is 10.2 Å². The number of aliphatic carboxylic acids is 1. The lowest BCUT2D eigenvalue weighted by Gasteiger charge is -2.38.